The number of rotatable bonds is 1. The minimum absolute atomic E-state index is 0.0897. The highest BCUT2D eigenvalue weighted by atomic mass is 19.4. The predicted molar refractivity (Wildman–Crippen MR) is 50.1 cm³/mol. The Morgan fingerprint density at radius 1 is 1.33 bits per heavy atom. The second kappa shape index (κ2) is 3.32. The van der Waals surface area contributed by atoms with Crippen LogP contribution >= 0.6 is 0 Å². The Morgan fingerprint density at radius 2 is 2.07 bits per heavy atom. The molecular weight excluding hydrogens is 207 g/mol. The largest absolute Gasteiger partial charge is 0.573 e. The van der Waals surface area contributed by atoms with Crippen LogP contribution in [0.15, 0.2) is 12.1 Å². The molecule has 0 spiro atoms. The number of nitrogens with one attached hydrogen (secondary N) is 1. The molecule has 0 radical (unpaired) electrons. The van der Waals surface area contributed by atoms with Crippen LogP contribution in [0.5, 0.6) is 5.75 Å². The lowest BCUT2D eigenvalue weighted by Crippen LogP contribution is -2.18. The first-order chi connectivity index (χ1) is 6.97. The van der Waals surface area contributed by atoms with Gasteiger partial charge in [0.15, 0.2) is 0 Å². The van der Waals surface area contributed by atoms with Gasteiger partial charge in [0, 0.05) is 17.8 Å². The lowest BCUT2D eigenvalue weighted by molar-refractivity contribution is -0.274. The van der Waals surface area contributed by atoms with Gasteiger partial charge >= 0.3 is 6.36 Å². The lowest BCUT2D eigenvalue weighted by Gasteiger charge is -2.13. The summed E-state index contributed by atoms with van der Waals surface area (Å²) in [6.45, 7) is 2.52. The first kappa shape index (κ1) is 10.1. The van der Waals surface area contributed by atoms with Crippen LogP contribution in [-0.4, -0.2) is 12.9 Å². The highest BCUT2D eigenvalue weighted by Crippen LogP contribution is 2.36. The molecule has 0 fully saturated rings. The van der Waals surface area contributed by atoms with E-state index in [9.17, 15) is 13.2 Å². The minimum Gasteiger partial charge on any atom is -0.405 e. The van der Waals surface area contributed by atoms with Crippen LogP contribution in [0.2, 0.25) is 0 Å². The van der Waals surface area contributed by atoms with E-state index >= 15 is 0 Å². The van der Waals surface area contributed by atoms with Gasteiger partial charge in [-0.25, -0.2) is 0 Å². The Labute approximate surface area is 85.0 Å². The Balaban J connectivity index is 2.38. The average molecular weight is 217 g/mol. The van der Waals surface area contributed by atoms with Crippen molar-refractivity contribution in [1.29, 1.82) is 0 Å². The average Bonchev–Trinajstić information content (AvgIpc) is 2.57. The molecule has 0 saturated carbocycles. The number of ether oxygens (including phenoxy) is 1. The van der Waals surface area contributed by atoms with Gasteiger partial charge in [-0.1, -0.05) is 6.07 Å². The van der Waals surface area contributed by atoms with Crippen LogP contribution in [0.3, 0.4) is 0 Å². The van der Waals surface area contributed by atoms with Crippen molar-refractivity contribution in [3.05, 3.63) is 23.3 Å². The molecule has 0 amide bonds. The van der Waals surface area contributed by atoms with Gasteiger partial charge in [-0.15, -0.1) is 13.2 Å². The molecule has 1 aromatic rings. The molecule has 0 aromatic heterocycles. The number of halogens is 3. The summed E-state index contributed by atoms with van der Waals surface area (Å²) in [5, 5.41) is 3.05. The molecule has 0 bridgehead atoms. The third-order valence-electron chi connectivity index (χ3n) is 2.38. The maximum absolute atomic E-state index is 12.1. The molecule has 1 aliphatic heterocycles. The van der Waals surface area contributed by atoms with Crippen molar-refractivity contribution in [3.8, 4) is 5.75 Å². The van der Waals surface area contributed by atoms with Crippen LogP contribution in [-0.2, 0) is 6.42 Å². The Morgan fingerprint density at radius 3 is 2.73 bits per heavy atom. The zero-order valence-electron chi connectivity index (χ0n) is 8.11. The van der Waals surface area contributed by atoms with Crippen molar-refractivity contribution in [2.45, 2.75) is 19.7 Å². The third kappa shape index (κ3) is 2.00. The highest BCUT2D eigenvalue weighted by Gasteiger charge is 2.33. The van der Waals surface area contributed by atoms with Crippen LogP contribution < -0.4 is 10.1 Å². The van der Waals surface area contributed by atoms with E-state index in [1.807, 2.05) is 6.92 Å². The van der Waals surface area contributed by atoms with Crippen LogP contribution in [0.25, 0.3) is 0 Å². The van der Waals surface area contributed by atoms with E-state index in [1.54, 1.807) is 6.07 Å². The Kier molecular flexibility index (Phi) is 2.25. The summed E-state index contributed by atoms with van der Waals surface area (Å²) in [7, 11) is 0. The van der Waals surface area contributed by atoms with E-state index < -0.39 is 6.36 Å². The van der Waals surface area contributed by atoms with E-state index in [-0.39, 0.29) is 5.75 Å². The molecular formula is C10H10F3NO. The molecule has 1 N–H and O–H groups in total. The second-order valence-corrected chi connectivity index (χ2v) is 3.46. The van der Waals surface area contributed by atoms with E-state index in [2.05, 4.69) is 10.1 Å². The summed E-state index contributed by atoms with van der Waals surface area (Å²) in [6, 6.07) is 2.99. The van der Waals surface area contributed by atoms with Crippen molar-refractivity contribution in [2.75, 3.05) is 11.9 Å². The molecule has 1 aromatic carbocycles. The molecule has 1 aliphatic rings. The van der Waals surface area contributed by atoms with Crippen molar-refractivity contribution in [3.63, 3.8) is 0 Å². The minimum atomic E-state index is -4.62. The maximum Gasteiger partial charge on any atom is 0.573 e. The number of anilines is 1. The zero-order chi connectivity index (χ0) is 11.1. The monoisotopic (exact) mass is 217 g/mol. The molecule has 0 unspecified atom stereocenters. The van der Waals surface area contributed by atoms with Gasteiger partial charge in [0.25, 0.3) is 0 Å². The van der Waals surface area contributed by atoms with E-state index in [0.717, 1.165) is 11.3 Å². The fourth-order valence-electron chi connectivity index (χ4n) is 1.77. The van der Waals surface area contributed by atoms with Crippen LogP contribution in [0, 0.1) is 6.92 Å². The summed E-state index contributed by atoms with van der Waals surface area (Å²) in [5.74, 6) is -0.0897. The van der Waals surface area contributed by atoms with Crippen molar-refractivity contribution in [2.24, 2.45) is 0 Å². The normalized spacial score (nSPS) is 14.7. The molecule has 2 nitrogen and oxygen atoms in total. The zero-order valence-corrected chi connectivity index (χ0v) is 8.11. The van der Waals surface area contributed by atoms with Crippen molar-refractivity contribution in [1.82, 2.24) is 0 Å². The van der Waals surface area contributed by atoms with Gasteiger partial charge in [-0.2, -0.15) is 0 Å². The first-order valence-electron chi connectivity index (χ1n) is 4.59. The predicted octanol–water partition coefficient (Wildman–Crippen LogP) is 2.86. The third-order valence-corrected chi connectivity index (χ3v) is 2.38. The fourth-order valence-corrected chi connectivity index (χ4v) is 1.77. The van der Waals surface area contributed by atoms with Gasteiger partial charge in [0.05, 0.1) is 0 Å². The standard InChI is InChI=1S/C10H10F3NO/c1-6-2-3-8(15-10(11,12)13)7-4-5-14-9(6)7/h2-3,14H,4-5H2,1H3. The summed E-state index contributed by atoms with van der Waals surface area (Å²) in [5.41, 5.74) is 2.33. The Hall–Kier alpha value is -1.39. The van der Waals surface area contributed by atoms with Gasteiger partial charge < -0.3 is 10.1 Å². The number of benzene rings is 1. The second-order valence-electron chi connectivity index (χ2n) is 3.46. The summed E-state index contributed by atoms with van der Waals surface area (Å²) < 4.78 is 40.2. The number of alkyl halides is 3. The smallest absolute Gasteiger partial charge is 0.405 e. The van der Waals surface area contributed by atoms with E-state index in [0.29, 0.717) is 18.5 Å². The maximum atomic E-state index is 12.1. The molecule has 0 saturated heterocycles. The van der Waals surface area contributed by atoms with Gasteiger partial charge in [0.1, 0.15) is 5.75 Å². The molecule has 0 aliphatic carbocycles. The van der Waals surface area contributed by atoms with Gasteiger partial charge in [-0.05, 0) is 25.0 Å². The SMILES string of the molecule is Cc1ccc(OC(F)(F)F)c2c1NCC2. The molecule has 82 valence electrons. The Bertz CT molecular complexity index is 387. The summed E-state index contributed by atoms with van der Waals surface area (Å²) >= 11 is 0. The summed E-state index contributed by atoms with van der Waals surface area (Å²) in [4.78, 5) is 0. The lowest BCUT2D eigenvalue weighted by atomic mass is 10.1. The first-order valence-corrected chi connectivity index (χ1v) is 4.59. The number of fused-ring (bicyclic) bond motifs is 1. The highest BCUT2D eigenvalue weighted by molar-refractivity contribution is 5.65. The summed E-state index contributed by atoms with van der Waals surface area (Å²) in [6.07, 6.45) is -4.05. The molecule has 0 atom stereocenters. The van der Waals surface area contributed by atoms with Crippen molar-refractivity contribution < 1.29 is 17.9 Å². The quantitative estimate of drug-likeness (QED) is 0.780. The van der Waals surface area contributed by atoms with E-state index in [1.165, 1.54) is 6.07 Å². The van der Waals surface area contributed by atoms with Gasteiger partial charge in [-0.3, -0.25) is 0 Å². The number of hydrogen-bond acceptors (Lipinski definition) is 2. The number of aryl methyl sites for hydroxylation is 1. The van der Waals surface area contributed by atoms with Gasteiger partial charge in [0.2, 0.25) is 0 Å². The van der Waals surface area contributed by atoms with Crippen molar-refractivity contribution >= 4 is 5.69 Å². The van der Waals surface area contributed by atoms with Crippen LogP contribution in [0.4, 0.5) is 18.9 Å². The number of hydrogen-bond donors (Lipinski definition) is 1. The molecule has 5 heteroatoms. The molecule has 2 rings (SSSR count). The van der Waals surface area contributed by atoms with E-state index in [4.69, 9.17) is 0 Å². The van der Waals surface area contributed by atoms with Crippen LogP contribution in [0.1, 0.15) is 11.1 Å². The molecule has 15 heavy (non-hydrogen) atoms. The molecule has 1 heterocycles. The topological polar surface area (TPSA) is 21.3 Å². The fraction of sp³-hybridized carbons (Fsp3) is 0.400.